The highest BCUT2D eigenvalue weighted by atomic mass is 35.5. The average Bonchev–Trinajstić information content (AvgIpc) is 2.94. The van der Waals surface area contributed by atoms with Crippen LogP contribution in [0.1, 0.15) is 23.6 Å². The number of phenolic OH excluding ortho intramolecular Hbond substituents is 1. The van der Waals surface area contributed by atoms with Crippen LogP contribution >= 0.6 is 11.6 Å². The molecule has 0 radical (unpaired) electrons. The van der Waals surface area contributed by atoms with Gasteiger partial charge in [0.05, 0.1) is 17.2 Å². The van der Waals surface area contributed by atoms with E-state index >= 15 is 0 Å². The van der Waals surface area contributed by atoms with Crippen molar-refractivity contribution in [2.45, 2.75) is 12.5 Å². The molecule has 1 heterocycles. The van der Waals surface area contributed by atoms with E-state index in [2.05, 4.69) is 0 Å². The molecule has 0 bridgehead atoms. The van der Waals surface area contributed by atoms with Crippen LogP contribution < -0.4 is 0 Å². The third-order valence-corrected chi connectivity index (χ3v) is 5.19. The molecular weight excluding hydrogens is 411 g/mol. The van der Waals surface area contributed by atoms with E-state index in [4.69, 9.17) is 11.6 Å². The van der Waals surface area contributed by atoms with Gasteiger partial charge in [0.2, 0.25) is 0 Å². The smallest absolute Gasteiger partial charge is 0.295 e. The number of amides is 1. The molecular formula is C22H22ClFN2O4. The zero-order valence-corrected chi connectivity index (χ0v) is 17.4. The van der Waals surface area contributed by atoms with Gasteiger partial charge in [-0.25, -0.2) is 4.39 Å². The lowest BCUT2D eigenvalue weighted by Gasteiger charge is -2.26. The number of Topliss-reactive ketones (excluding diaryl/α,β-unsaturated/α-hetero) is 1. The summed E-state index contributed by atoms with van der Waals surface area (Å²) in [5.74, 6) is -3.29. The second-order valence-corrected chi connectivity index (χ2v) is 7.77. The molecule has 1 aliphatic heterocycles. The lowest BCUT2D eigenvalue weighted by molar-refractivity contribution is -0.140. The number of rotatable bonds is 6. The molecule has 30 heavy (non-hydrogen) atoms. The number of ketones is 1. The van der Waals surface area contributed by atoms with Gasteiger partial charge in [-0.1, -0.05) is 29.8 Å². The molecule has 8 heteroatoms. The maximum atomic E-state index is 14.7. The quantitative estimate of drug-likeness (QED) is 0.414. The number of carbonyl (C=O) groups excluding carboxylic acids is 2. The highest BCUT2D eigenvalue weighted by Crippen LogP contribution is 2.41. The summed E-state index contributed by atoms with van der Waals surface area (Å²) in [4.78, 5) is 28.8. The van der Waals surface area contributed by atoms with Gasteiger partial charge in [-0.15, -0.1) is 0 Å². The van der Waals surface area contributed by atoms with Crippen LogP contribution in [0.5, 0.6) is 5.75 Å². The Labute approximate surface area is 178 Å². The van der Waals surface area contributed by atoms with Crippen molar-refractivity contribution in [3.63, 3.8) is 0 Å². The maximum absolute atomic E-state index is 14.7. The van der Waals surface area contributed by atoms with E-state index in [1.54, 1.807) is 6.07 Å². The summed E-state index contributed by atoms with van der Waals surface area (Å²) in [6, 6.07) is 8.64. The third-order valence-electron chi connectivity index (χ3n) is 4.96. The van der Waals surface area contributed by atoms with Gasteiger partial charge in [-0.2, -0.15) is 0 Å². The second-order valence-electron chi connectivity index (χ2n) is 7.33. The summed E-state index contributed by atoms with van der Waals surface area (Å²) in [6.07, 6.45) is 0.549. The van der Waals surface area contributed by atoms with Crippen molar-refractivity contribution in [2.24, 2.45) is 0 Å². The van der Waals surface area contributed by atoms with Crippen LogP contribution in [0.25, 0.3) is 5.76 Å². The van der Waals surface area contributed by atoms with Gasteiger partial charge < -0.3 is 20.0 Å². The number of aliphatic hydroxyl groups excluding tert-OH is 1. The van der Waals surface area contributed by atoms with Gasteiger partial charge in [0.25, 0.3) is 11.7 Å². The molecule has 1 saturated heterocycles. The molecule has 2 aromatic carbocycles. The molecule has 1 amide bonds. The maximum Gasteiger partial charge on any atom is 0.295 e. The number of nitrogens with zero attached hydrogens (tertiary/aromatic N) is 2. The van der Waals surface area contributed by atoms with E-state index in [1.165, 1.54) is 41.3 Å². The molecule has 1 fully saturated rings. The van der Waals surface area contributed by atoms with Gasteiger partial charge in [0.1, 0.15) is 17.3 Å². The molecule has 0 saturated carbocycles. The summed E-state index contributed by atoms with van der Waals surface area (Å²) in [7, 11) is 3.76. The van der Waals surface area contributed by atoms with Crippen LogP contribution in [0.3, 0.4) is 0 Å². The number of phenols is 1. The molecule has 2 aromatic rings. The van der Waals surface area contributed by atoms with E-state index in [0.29, 0.717) is 13.0 Å². The van der Waals surface area contributed by atoms with Crippen LogP contribution in [0.15, 0.2) is 48.0 Å². The zero-order chi connectivity index (χ0) is 22.0. The van der Waals surface area contributed by atoms with E-state index in [9.17, 15) is 24.2 Å². The molecule has 158 valence electrons. The van der Waals surface area contributed by atoms with E-state index < -0.39 is 29.3 Å². The first-order valence-corrected chi connectivity index (χ1v) is 9.76. The number of aromatic hydroxyl groups is 1. The highest BCUT2D eigenvalue weighted by molar-refractivity contribution is 6.46. The number of benzene rings is 2. The molecule has 6 nitrogen and oxygen atoms in total. The lowest BCUT2D eigenvalue weighted by atomic mass is 9.94. The van der Waals surface area contributed by atoms with E-state index in [-0.39, 0.29) is 34.0 Å². The summed E-state index contributed by atoms with van der Waals surface area (Å²) in [5, 5.41) is 21.3. The van der Waals surface area contributed by atoms with Gasteiger partial charge in [-0.3, -0.25) is 9.59 Å². The summed E-state index contributed by atoms with van der Waals surface area (Å²) in [6.45, 7) is 0.849. The number of hydrogen-bond acceptors (Lipinski definition) is 5. The van der Waals surface area contributed by atoms with Gasteiger partial charge in [0.15, 0.2) is 0 Å². The standard InChI is InChI=1S/C22H22ClFN2O4/c1-25(2)10-5-11-26-19(14-6-3-4-7-16(14)24)18(21(29)22(26)30)20(28)15-12-13(23)8-9-17(15)27/h3-4,6-9,12,19,27-28H,5,10-11H2,1-2H3/t19-/m1/s1. The minimum Gasteiger partial charge on any atom is -0.507 e. The number of aliphatic hydroxyl groups is 1. The minimum atomic E-state index is -1.12. The Balaban J connectivity index is 2.16. The Kier molecular flexibility index (Phi) is 6.43. The minimum absolute atomic E-state index is 0.0876. The van der Waals surface area contributed by atoms with Crippen molar-refractivity contribution < 1.29 is 24.2 Å². The van der Waals surface area contributed by atoms with Crippen molar-refractivity contribution in [1.29, 1.82) is 0 Å². The first-order valence-electron chi connectivity index (χ1n) is 9.38. The van der Waals surface area contributed by atoms with Crippen LogP contribution in [0, 0.1) is 5.82 Å². The topological polar surface area (TPSA) is 81.1 Å². The predicted molar refractivity (Wildman–Crippen MR) is 112 cm³/mol. The molecule has 0 unspecified atom stereocenters. The van der Waals surface area contributed by atoms with Crippen LogP contribution in [0.4, 0.5) is 4.39 Å². The number of hydrogen-bond donors (Lipinski definition) is 2. The first kappa shape index (κ1) is 21.8. The summed E-state index contributed by atoms with van der Waals surface area (Å²) in [5.41, 5.74) is -0.299. The summed E-state index contributed by atoms with van der Waals surface area (Å²) < 4.78 is 14.7. The monoisotopic (exact) mass is 432 g/mol. The fraction of sp³-hybridized carbons (Fsp3) is 0.273. The van der Waals surface area contributed by atoms with E-state index in [0.717, 1.165) is 0 Å². The van der Waals surface area contributed by atoms with Crippen LogP contribution in [-0.2, 0) is 9.59 Å². The number of halogens is 2. The second kappa shape index (κ2) is 8.85. The Morgan fingerprint density at radius 3 is 2.57 bits per heavy atom. The van der Waals surface area contributed by atoms with Crippen LogP contribution in [-0.4, -0.2) is 58.9 Å². The Morgan fingerprint density at radius 2 is 1.90 bits per heavy atom. The van der Waals surface area contributed by atoms with E-state index in [1.807, 2.05) is 19.0 Å². The zero-order valence-electron chi connectivity index (χ0n) is 16.6. The van der Waals surface area contributed by atoms with Crippen molar-refractivity contribution in [3.05, 3.63) is 70.0 Å². The highest BCUT2D eigenvalue weighted by Gasteiger charge is 2.46. The Morgan fingerprint density at radius 1 is 1.20 bits per heavy atom. The fourth-order valence-corrected chi connectivity index (χ4v) is 3.70. The van der Waals surface area contributed by atoms with Gasteiger partial charge in [-0.05, 0) is 51.3 Å². The van der Waals surface area contributed by atoms with Crippen LogP contribution in [0.2, 0.25) is 5.02 Å². The average molecular weight is 433 g/mol. The van der Waals surface area contributed by atoms with Crippen molar-refractivity contribution in [2.75, 3.05) is 27.2 Å². The van der Waals surface area contributed by atoms with Crippen molar-refractivity contribution in [1.82, 2.24) is 9.80 Å². The van der Waals surface area contributed by atoms with Gasteiger partial charge >= 0.3 is 0 Å². The Hall–Kier alpha value is -2.90. The number of carbonyl (C=O) groups is 2. The number of likely N-dealkylation sites (tertiary alicyclic amines) is 1. The lowest BCUT2D eigenvalue weighted by Crippen LogP contribution is -2.32. The predicted octanol–water partition coefficient (Wildman–Crippen LogP) is 3.56. The van der Waals surface area contributed by atoms with Gasteiger partial charge in [0, 0.05) is 17.1 Å². The largest absolute Gasteiger partial charge is 0.507 e. The Bertz CT molecular complexity index is 1020. The fourth-order valence-electron chi connectivity index (χ4n) is 3.53. The summed E-state index contributed by atoms with van der Waals surface area (Å²) >= 11 is 5.97. The third kappa shape index (κ3) is 4.17. The normalized spacial score (nSPS) is 18.4. The molecule has 1 atom stereocenters. The SMILES string of the molecule is CN(C)CCCN1C(=O)C(=O)C(=C(O)c2cc(Cl)ccc2O)[C@H]1c1ccccc1F. The first-order chi connectivity index (χ1) is 14.2. The van der Waals surface area contributed by atoms with Crippen molar-refractivity contribution in [3.8, 4) is 5.75 Å². The molecule has 0 aliphatic carbocycles. The molecule has 0 spiro atoms. The molecule has 3 rings (SSSR count). The van der Waals surface area contributed by atoms with Crippen molar-refractivity contribution >= 4 is 29.1 Å². The molecule has 2 N–H and O–H groups in total. The molecule has 1 aliphatic rings. The molecule has 0 aromatic heterocycles.